The topological polar surface area (TPSA) is 58.6 Å². The van der Waals surface area contributed by atoms with E-state index in [2.05, 4.69) is 5.32 Å². The van der Waals surface area contributed by atoms with Crippen molar-refractivity contribution in [3.05, 3.63) is 0 Å². The number of carboxylic acid groups (broad SMARTS) is 1. The largest absolute Gasteiger partial charge is 0.480 e. The predicted octanol–water partition coefficient (Wildman–Crippen LogP) is 1.60. The van der Waals surface area contributed by atoms with E-state index in [1.165, 1.54) is 0 Å². The maximum atomic E-state index is 10.9. The van der Waals surface area contributed by atoms with Crippen LogP contribution >= 0.6 is 11.8 Å². The highest BCUT2D eigenvalue weighted by Gasteiger charge is 2.17. The first kappa shape index (κ1) is 15.7. The van der Waals surface area contributed by atoms with Crippen LogP contribution in [0.5, 0.6) is 0 Å². The van der Waals surface area contributed by atoms with Crippen molar-refractivity contribution >= 4 is 17.7 Å². The standard InChI is InChI=1S/C11H23NO3S/c1-9(2)12-10(11(13)14)5-8-16-7-4-6-15-3/h9-10,12H,4-8H2,1-3H3,(H,13,14). The molecule has 0 aliphatic carbocycles. The highest BCUT2D eigenvalue weighted by atomic mass is 32.2. The number of thioether (sulfide) groups is 1. The molecule has 0 aromatic rings. The maximum Gasteiger partial charge on any atom is 0.320 e. The van der Waals surface area contributed by atoms with Gasteiger partial charge in [-0.25, -0.2) is 0 Å². The van der Waals surface area contributed by atoms with Crippen molar-refractivity contribution in [3.63, 3.8) is 0 Å². The number of aliphatic carboxylic acids is 1. The van der Waals surface area contributed by atoms with Crippen LogP contribution in [0.2, 0.25) is 0 Å². The summed E-state index contributed by atoms with van der Waals surface area (Å²) >= 11 is 1.78. The lowest BCUT2D eigenvalue weighted by Crippen LogP contribution is -2.41. The van der Waals surface area contributed by atoms with Gasteiger partial charge in [0, 0.05) is 19.8 Å². The van der Waals surface area contributed by atoms with Gasteiger partial charge in [-0.2, -0.15) is 11.8 Å². The molecule has 0 amide bonds. The number of hydrogen-bond acceptors (Lipinski definition) is 4. The van der Waals surface area contributed by atoms with Gasteiger partial charge in [0.05, 0.1) is 0 Å². The molecule has 0 rings (SSSR count). The van der Waals surface area contributed by atoms with Gasteiger partial charge in [-0.15, -0.1) is 0 Å². The average molecular weight is 249 g/mol. The van der Waals surface area contributed by atoms with Gasteiger partial charge in [-0.05, 0) is 24.3 Å². The Morgan fingerprint density at radius 1 is 1.44 bits per heavy atom. The second kappa shape index (κ2) is 9.93. The number of carbonyl (C=O) groups is 1. The summed E-state index contributed by atoms with van der Waals surface area (Å²) in [4.78, 5) is 10.9. The van der Waals surface area contributed by atoms with Crippen molar-refractivity contribution in [2.75, 3.05) is 25.2 Å². The van der Waals surface area contributed by atoms with E-state index in [1.807, 2.05) is 13.8 Å². The number of methoxy groups -OCH3 is 1. The third-order valence-corrected chi connectivity index (χ3v) is 3.12. The van der Waals surface area contributed by atoms with Gasteiger partial charge in [-0.3, -0.25) is 4.79 Å². The van der Waals surface area contributed by atoms with E-state index < -0.39 is 12.0 Å². The summed E-state index contributed by atoms with van der Waals surface area (Å²) in [6.45, 7) is 4.70. The van der Waals surface area contributed by atoms with Gasteiger partial charge in [-0.1, -0.05) is 13.8 Å². The quantitative estimate of drug-likeness (QED) is 0.576. The second-order valence-corrected chi connectivity index (χ2v) is 5.18. The zero-order valence-electron chi connectivity index (χ0n) is 10.4. The molecule has 2 N–H and O–H groups in total. The van der Waals surface area contributed by atoms with E-state index in [9.17, 15) is 4.79 Å². The summed E-state index contributed by atoms with van der Waals surface area (Å²) in [6.07, 6.45) is 1.70. The molecule has 1 unspecified atom stereocenters. The van der Waals surface area contributed by atoms with Crippen LogP contribution in [0.15, 0.2) is 0 Å². The summed E-state index contributed by atoms with van der Waals surface area (Å²) in [5.41, 5.74) is 0. The lowest BCUT2D eigenvalue weighted by molar-refractivity contribution is -0.139. The minimum atomic E-state index is -0.758. The van der Waals surface area contributed by atoms with Crippen LogP contribution in [0.25, 0.3) is 0 Å². The van der Waals surface area contributed by atoms with Crippen LogP contribution < -0.4 is 5.32 Å². The lowest BCUT2D eigenvalue weighted by atomic mass is 10.2. The Morgan fingerprint density at radius 3 is 2.62 bits per heavy atom. The van der Waals surface area contributed by atoms with E-state index in [4.69, 9.17) is 9.84 Å². The molecule has 0 saturated carbocycles. The van der Waals surface area contributed by atoms with Crippen LogP contribution in [-0.4, -0.2) is 48.4 Å². The van der Waals surface area contributed by atoms with Crippen LogP contribution in [-0.2, 0) is 9.53 Å². The Balaban J connectivity index is 3.57. The molecular weight excluding hydrogens is 226 g/mol. The fraction of sp³-hybridized carbons (Fsp3) is 0.909. The first-order chi connectivity index (χ1) is 7.57. The van der Waals surface area contributed by atoms with Gasteiger partial charge in [0.2, 0.25) is 0 Å². The number of carboxylic acids is 1. The molecule has 16 heavy (non-hydrogen) atoms. The maximum absolute atomic E-state index is 10.9. The minimum Gasteiger partial charge on any atom is -0.480 e. The fourth-order valence-electron chi connectivity index (χ4n) is 1.29. The normalized spacial score (nSPS) is 13.0. The lowest BCUT2D eigenvalue weighted by Gasteiger charge is -2.16. The molecule has 0 saturated heterocycles. The molecule has 4 nitrogen and oxygen atoms in total. The monoisotopic (exact) mass is 249 g/mol. The van der Waals surface area contributed by atoms with E-state index in [0.29, 0.717) is 6.42 Å². The molecule has 0 bridgehead atoms. The minimum absolute atomic E-state index is 0.208. The molecule has 0 aliphatic heterocycles. The van der Waals surface area contributed by atoms with E-state index in [0.717, 1.165) is 24.5 Å². The third-order valence-electron chi connectivity index (χ3n) is 2.02. The molecule has 0 radical (unpaired) electrons. The zero-order valence-corrected chi connectivity index (χ0v) is 11.2. The van der Waals surface area contributed by atoms with Crippen LogP contribution in [0.3, 0.4) is 0 Å². The Morgan fingerprint density at radius 2 is 2.12 bits per heavy atom. The van der Waals surface area contributed by atoms with Crippen LogP contribution in [0, 0.1) is 0 Å². The van der Waals surface area contributed by atoms with Gasteiger partial charge < -0.3 is 15.2 Å². The summed E-state index contributed by atoms with van der Waals surface area (Å²) in [5.74, 6) is 1.15. The van der Waals surface area contributed by atoms with E-state index in [-0.39, 0.29) is 6.04 Å². The van der Waals surface area contributed by atoms with Crippen molar-refractivity contribution in [2.45, 2.75) is 38.8 Å². The third kappa shape index (κ3) is 9.00. The van der Waals surface area contributed by atoms with Crippen LogP contribution in [0.4, 0.5) is 0 Å². The zero-order chi connectivity index (χ0) is 12.4. The highest BCUT2D eigenvalue weighted by Crippen LogP contribution is 2.07. The fourth-order valence-corrected chi connectivity index (χ4v) is 2.22. The van der Waals surface area contributed by atoms with Crippen molar-refractivity contribution in [3.8, 4) is 0 Å². The Kier molecular flexibility index (Phi) is 9.77. The van der Waals surface area contributed by atoms with Crippen molar-refractivity contribution < 1.29 is 14.6 Å². The number of ether oxygens (including phenoxy) is 1. The molecule has 0 aliphatic rings. The molecule has 0 aromatic heterocycles. The molecule has 5 heteroatoms. The first-order valence-corrected chi connectivity index (χ1v) is 6.79. The SMILES string of the molecule is COCCCSCCC(NC(C)C)C(=O)O. The molecular formula is C11H23NO3S. The Bertz CT molecular complexity index is 188. The molecule has 0 heterocycles. The molecule has 1 atom stereocenters. The Labute approximate surface area is 102 Å². The van der Waals surface area contributed by atoms with E-state index >= 15 is 0 Å². The number of nitrogens with one attached hydrogen (secondary N) is 1. The Hall–Kier alpha value is -0.260. The summed E-state index contributed by atoms with van der Waals surface area (Å²) in [6, 6.07) is -0.213. The van der Waals surface area contributed by atoms with Gasteiger partial charge in [0.25, 0.3) is 0 Å². The number of hydrogen-bond donors (Lipinski definition) is 2. The summed E-state index contributed by atoms with van der Waals surface area (Å²) in [5, 5.41) is 12.0. The number of rotatable bonds is 10. The first-order valence-electron chi connectivity index (χ1n) is 5.63. The van der Waals surface area contributed by atoms with Gasteiger partial charge in [0.1, 0.15) is 6.04 Å². The van der Waals surface area contributed by atoms with Crippen molar-refractivity contribution in [1.29, 1.82) is 0 Å². The molecule has 0 fully saturated rings. The van der Waals surface area contributed by atoms with Gasteiger partial charge in [0.15, 0.2) is 0 Å². The summed E-state index contributed by atoms with van der Waals surface area (Å²) in [7, 11) is 1.69. The van der Waals surface area contributed by atoms with E-state index in [1.54, 1.807) is 18.9 Å². The molecule has 0 spiro atoms. The summed E-state index contributed by atoms with van der Waals surface area (Å²) < 4.78 is 4.94. The average Bonchev–Trinajstić information content (AvgIpc) is 2.20. The predicted molar refractivity (Wildman–Crippen MR) is 68.1 cm³/mol. The smallest absolute Gasteiger partial charge is 0.320 e. The van der Waals surface area contributed by atoms with Gasteiger partial charge >= 0.3 is 5.97 Å². The van der Waals surface area contributed by atoms with Crippen molar-refractivity contribution in [1.82, 2.24) is 5.32 Å². The molecule has 0 aromatic carbocycles. The molecule has 96 valence electrons. The highest BCUT2D eigenvalue weighted by molar-refractivity contribution is 7.99. The van der Waals surface area contributed by atoms with Crippen LogP contribution in [0.1, 0.15) is 26.7 Å². The second-order valence-electron chi connectivity index (χ2n) is 3.96. The van der Waals surface area contributed by atoms with Crippen molar-refractivity contribution in [2.24, 2.45) is 0 Å².